The van der Waals surface area contributed by atoms with Crippen LogP contribution in [0.25, 0.3) is 10.9 Å². The topological polar surface area (TPSA) is 105 Å². The van der Waals surface area contributed by atoms with E-state index in [1.807, 2.05) is 24.3 Å². The molecule has 0 atom stereocenters. The average Bonchev–Trinajstić information content (AvgIpc) is 3.23. The standard InChI is InChI=1S/C16H16N6O2/c23-15(18-13-7-17-12-4-2-1-3-11(12)13)9-22-8-14(20-21-22)19-16(24)10-5-6-10/h1-4,7-8,10,17H,5-6,9H2,(H,18,23)(H,19,24). The van der Waals surface area contributed by atoms with E-state index >= 15 is 0 Å². The van der Waals surface area contributed by atoms with Gasteiger partial charge < -0.3 is 15.6 Å². The Kier molecular flexibility index (Phi) is 3.49. The fraction of sp³-hybridized carbons (Fsp3) is 0.250. The highest BCUT2D eigenvalue weighted by molar-refractivity contribution is 6.01. The Morgan fingerprint density at radius 2 is 2.08 bits per heavy atom. The average molecular weight is 324 g/mol. The molecule has 3 N–H and O–H groups in total. The number of hydrogen-bond acceptors (Lipinski definition) is 4. The summed E-state index contributed by atoms with van der Waals surface area (Å²) >= 11 is 0. The predicted octanol–water partition coefficient (Wildman–Crippen LogP) is 1.75. The van der Waals surface area contributed by atoms with Gasteiger partial charge in [-0.15, -0.1) is 5.10 Å². The van der Waals surface area contributed by atoms with Gasteiger partial charge in [-0.25, -0.2) is 4.68 Å². The van der Waals surface area contributed by atoms with Crippen molar-refractivity contribution in [3.63, 3.8) is 0 Å². The number of carbonyl (C=O) groups excluding carboxylic acids is 2. The monoisotopic (exact) mass is 324 g/mol. The second kappa shape index (κ2) is 5.80. The van der Waals surface area contributed by atoms with Gasteiger partial charge in [0.2, 0.25) is 11.8 Å². The van der Waals surface area contributed by atoms with Crippen molar-refractivity contribution < 1.29 is 9.59 Å². The van der Waals surface area contributed by atoms with E-state index in [4.69, 9.17) is 0 Å². The van der Waals surface area contributed by atoms with Crippen molar-refractivity contribution >= 4 is 34.2 Å². The minimum Gasteiger partial charge on any atom is -0.359 e. The van der Waals surface area contributed by atoms with Crippen LogP contribution in [0.5, 0.6) is 0 Å². The lowest BCUT2D eigenvalue weighted by molar-refractivity contribution is -0.117. The largest absolute Gasteiger partial charge is 0.359 e. The van der Waals surface area contributed by atoms with Crippen molar-refractivity contribution in [2.24, 2.45) is 5.92 Å². The SMILES string of the molecule is O=C(Cn1cc(NC(=O)C2CC2)nn1)Nc1c[nH]c2ccccc12. The fourth-order valence-electron chi connectivity index (χ4n) is 2.52. The maximum Gasteiger partial charge on any atom is 0.246 e. The van der Waals surface area contributed by atoms with Gasteiger partial charge in [0.15, 0.2) is 5.82 Å². The van der Waals surface area contributed by atoms with Crippen molar-refractivity contribution in [1.82, 2.24) is 20.0 Å². The fourth-order valence-corrected chi connectivity index (χ4v) is 2.52. The van der Waals surface area contributed by atoms with Gasteiger partial charge in [-0.05, 0) is 18.9 Å². The van der Waals surface area contributed by atoms with Crippen molar-refractivity contribution in [3.8, 4) is 0 Å². The van der Waals surface area contributed by atoms with E-state index < -0.39 is 0 Å². The number of anilines is 2. The molecular formula is C16H16N6O2. The maximum atomic E-state index is 12.2. The lowest BCUT2D eigenvalue weighted by Crippen LogP contribution is -2.19. The highest BCUT2D eigenvalue weighted by Gasteiger charge is 2.30. The molecule has 4 rings (SSSR count). The third-order valence-corrected chi connectivity index (χ3v) is 3.91. The summed E-state index contributed by atoms with van der Waals surface area (Å²) < 4.78 is 1.40. The van der Waals surface area contributed by atoms with Crippen LogP contribution in [0.2, 0.25) is 0 Å². The summed E-state index contributed by atoms with van der Waals surface area (Å²) in [5, 5.41) is 14.2. The van der Waals surface area contributed by atoms with E-state index in [0.717, 1.165) is 29.4 Å². The molecule has 1 aliphatic carbocycles. The summed E-state index contributed by atoms with van der Waals surface area (Å²) in [4.78, 5) is 26.9. The molecule has 0 aliphatic heterocycles. The molecule has 2 amide bonds. The van der Waals surface area contributed by atoms with Crippen LogP contribution in [0.4, 0.5) is 11.5 Å². The van der Waals surface area contributed by atoms with Crippen LogP contribution in [-0.2, 0) is 16.1 Å². The number of para-hydroxylation sites is 1. The summed E-state index contributed by atoms with van der Waals surface area (Å²) in [6, 6.07) is 7.72. The van der Waals surface area contributed by atoms with Gasteiger partial charge in [-0.1, -0.05) is 23.4 Å². The zero-order valence-corrected chi connectivity index (χ0v) is 12.8. The first-order valence-electron chi connectivity index (χ1n) is 7.76. The van der Waals surface area contributed by atoms with Gasteiger partial charge in [-0.2, -0.15) is 0 Å². The lowest BCUT2D eigenvalue weighted by atomic mass is 10.2. The van der Waals surface area contributed by atoms with Crippen LogP contribution in [-0.4, -0.2) is 31.8 Å². The van der Waals surface area contributed by atoms with Crippen LogP contribution < -0.4 is 10.6 Å². The lowest BCUT2D eigenvalue weighted by Gasteiger charge is -2.03. The Labute approximate surface area is 137 Å². The number of rotatable bonds is 5. The quantitative estimate of drug-likeness (QED) is 0.665. The number of nitrogens with zero attached hydrogens (tertiary/aromatic N) is 3. The van der Waals surface area contributed by atoms with E-state index in [9.17, 15) is 9.59 Å². The van der Waals surface area contributed by atoms with Crippen LogP contribution in [0, 0.1) is 5.92 Å². The van der Waals surface area contributed by atoms with Crippen LogP contribution in [0.1, 0.15) is 12.8 Å². The number of hydrogen-bond donors (Lipinski definition) is 3. The van der Waals surface area contributed by atoms with E-state index in [0.29, 0.717) is 5.82 Å². The normalized spacial score (nSPS) is 13.8. The molecule has 122 valence electrons. The maximum absolute atomic E-state index is 12.2. The van der Waals surface area contributed by atoms with E-state index in [1.165, 1.54) is 4.68 Å². The minimum absolute atomic E-state index is 0.0196. The molecule has 2 heterocycles. The number of H-pyrrole nitrogens is 1. The number of carbonyl (C=O) groups is 2. The van der Waals surface area contributed by atoms with Gasteiger partial charge in [-0.3, -0.25) is 9.59 Å². The van der Waals surface area contributed by atoms with E-state index in [2.05, 4.69) is 25.9 Å². The molecule has 0 spiro atoms. The molecule has 2 aromatic heterocycles. The zero-order valence-electron chi connectivity index (χ0n) is 12.8. The molecule has 1 fully saturated rings. The molecule has 8 nitrogen and oxygen atoms in total. The number of nitrogens with one attached hydrogen (secondary N) is 3. The Morgan fingerprint density at radius 1 is 1.25 bits per heavy atom. The second-order valence-corrected chi connectivity index (χ2v) is 5.86. The van der Waals surface area contributed by atoms with Crippen LogP contribution >= 0.6 is 0 Å². The highest BCUT2D eigenvalue weighted by Crippen LogP contribution is 2.29. The third-order valence-electron chi connectivity index (χ3n) is 3.91. The summed E-state index contributed by atoms with van der Waals surface area (Å²) in [5.41, 5.74) is 1.68. The van der Waals surface area contributed by atoms with Crippen LogP contribution in [0.15, 0.2) is 36.7 Å². The molecule has 8 heteroatoms. The molecule has 3 aromatic rings. The minimum atomic E-state index is -0.218. The summed E-state index contributed by atoms with van der Waals surface area (Å²) in [6.45, 7) is 0.0196. The molecule has 24 heavy (non-hydrogen) atoms. The van der Waals surface area contributed by atoms with Gasteiger partial charge in [0.25, 0.3) is 0 Å². The van der Waals surface area contributed by atoms with Crippen molar-refractivity contribution in [1.29, 1.82) is 0 Å². The Morgan fingerprint density at radius 3 is 2.92 bits per heavy atom. The molecule has 1 saturated carbocycles. The molecule has 0 bridgehead atoms. The predicted molar refractivity (Wildman–Crippen MR) is 88.3 cm³/mol. The molecule has 0 unspecified atom stereocenters. The van der Waals surface area contributed by atoms with E-state index in [1.54, 1.807) is 12.4 Å². The zero-order chi connectivity index (χ0) is 16.5. The number of aromatic nitrogens is 4. The second-order valence-electron chi connectivity index (χ2n) is 5.86. The Hall–Kier alpha value is -3.16. The first-order valence-corrected chi connectivity index (χ1v) is 7.76. The van der Waals surface area contributed by atoms with Crippen molar-refractivity contribution in [3.05, 3.63) is 36.7 Å². The van der Waals surface area contributed by atoms with Crippen molar-refractivity contribution in [2.45, 2.75) is 19.4 Å². The summed E-state index contributed by atoms with van der Waals surface area (Å²) in [5.74, 6) is 0.210. The Balaban J connectivity index is 1.39. The van der Waals surface area contributed by atoms with Gasteiger partial charge in [0.1, 0.15) is 6.54 Å². The van der Waals surface area contributed by atoms with Gasteiger partial charge in [0, 0.05) is 23.0 Å². The van der Waals surface area contributed by atoms with Crippen LogP contribution in [0.3, 0.4) is 0 Å². The molecular weight excluding hydrogens is 308 g/mol. The summed E-state index contributed by atoms with van der Waals surface area (Å²) in [7, 11) is 0. The van der Waals surface area contributed by atoms with Gasteiger partial charge in [0.05, 0.1) is 11.9 Å². The first kappa shape index (κ1) is 14.4. The Bertz CT molecular complexity index is 908. The number of benzene rings is 1. The summed E-state index contributed by atoms with van der Waals surface area (Å²) in [6.07, 6.45) is 5.15. The smallest absolute Gasteiger partial charge is 0.246 e. The number of aromatic amines is 1. The molecule has 0 saturated heterocycles. The van der Waals surface area contributed by atoms with Crippen molar-refractivity contribution in [2.75, 3.05) is 10.6 Å². The van der Waals surface area contributed by atoms with Gasteiger partial charge >= 0.3 is 0 Å². The highest BCUT2D eigenvalue weighted by atomic mass is 16.2. The molecule has 1 aliphatic rings. The number of fused-ring (bicyclic) bond motifs is 1. The number of amides is 2. The van der Waals surface area contributed by atoms with E-state index in [-0.39, 0.29) is 24.3 Å². The molecule has 0 radical (unpaired) electrons. The first-order chi connectivity index (χ1) is 11.7. The molecule has 1 aromatic carbocycles. The third kappa shape index (κ3) is 2.98.